The summed E-state index contributed by atoms with van der Waals surface area (Å²) in [5, 5.41) is 13.4. The van der Waals surface area contributed by atoms with E-state index in [4.69, 9.17) is 26.1 Å². The van der Waals surface area contributed by atoms with Crippen LogP contribution in [0.3, 0.4) is 0 Å². The zero-order valence-electron chi connectivity index (χ0n) is 13.3. The highest BCUT2D eigenvalue weighted by molar-refractivity contribution is 8.02. The minimum absolute atomic E-state index is 0.182. The van der Waals surface area contributed by atoms with Crippen LogP contribution in [0.15, 0.2) is 53.6 Å². The Balaban J connectivity index is 1.94. The molecular weight excluding hydrogens is 382 g/mol. The molecule has 7 nitrogen and oxygen atoms in total. The Hall–Kier alpha value is -1.82. The number of hydrogen-bond donors (Lipinski definition) is 3. The van der Waals surface area contributed by atoms with Gasteiger partial charge in [0.15, 0.2) is 5.75 Å². The summed E-state index contributed by atoms with van der Waals surface area (Å²) in [5.74, 6) is 0.684. The molecule has 3 N–H and O–H groups in total. The molecule has 0 bridgehead atoms. The maximum Gasteiger partial charge on any atom is 0.540 e. The molecule has 0 radical (unpaired) electrons. The molecule has 2 aromatic carbocycles. The smallest absolute Gasteiger partial charge is 0.508 e. The summed E-state index contributed by atoms with van der Waals surface area (Å²) in [6.45, 7) is 0. The SMILES string of the molecule is CN(/N=C/c1ccc(O)cc1)[P+](=S)Oc1ccc(CP(=O)(O)O)cc1. The summed E-state index contributed by atoms with van der Waals surface area (Å²) in [6.07, 6.45) is 1.29. The maximum atomic E-state index is 11.0. The Morgan fingerprint density at radius 2 is 1.80 bits per heavy atom. The van der Waals surface area contributed by atoms with Crippen molar-refractivity contribution in [3.05, 3.63) is 59.7 Å². The molecule has 0 saturated carbocycles. The van der Waals surface area contributed by atoms with Crippen molar-refractivity contribution in [3.8, 4) is 11.5 Å². The van der Waals surface area contributed by atoms with Gasteiger partial charge in [0.05, 0.1) is 19.4 Å². The average molecular weight is 399 g/mol. The van der Waals surface area contributed by atoms with Crippen molar-refractivity contribution in [1.82, 2.24) is 4.78 Å². The lowest BCUT2D eigenvalue weighted by atomic mass is 10.2. The third-order valence-electron chi connectivity index (χ3n) is 3.00. The lowest BCUT2D eigenvalue weighted by molar-refractivity contribution is 0.371. The summed E-state index contributed by atoms with van der Waals surface area (Å²) in [5.41, 5.74) is 1.33. The molecule has 2 rings (SSSR count). The van der Waals surface area contributed by atoms with E-state index in [1.54, 1.807) is 61.8 Å². The van der Waals surface area contributed by atoms with E-state index in [0.717, 1.165) is 5.56 Å². The summed E-state index contributed by atoms with van der Waals surface area (Å²) in [7, 11) is -3.84. The van der Waals surface area contributed by atoms with Crippen molar-refractivity contribution >= 4 is 32.7 Å². The number of aromatic hydroxyl groups is 1. The number of nitrogens with zero attached hydrogens (tertiary/aromatic N) is 2. The van der Waals surface area contributed by atoms with E-state index in [2.05, 4.69) is 5.10 Å². The first-order valence-corrected chi connectivity index (χ1v) is 11.1. The fourth-order valence-corrected chi connectivity index (χ4v) is 3.42. The van der Waals surface area contributed by atoms with E-state index in [-0.39, 0.29) is 11.9 Å². The largest absolute Gasteiger partial charge is 0.540 e. The quantitative estimate of drug-likeness (QED) is 0.373. The topological polar surface area (TPSA) is 103 Å². The van der Waals surface area contributed by atoms with E-state index < -0.39 is 14.7 Å². The average Bonchev–Trinajstić information content (AvgIpc) is 2.54. The van der Waals surface area contributed by atoms with Crippen molar-refractivity contribution in [3.63, 3.8) is 0 Å². The fraction of sp³-hybridized carbons (Fsp3) is 0.133. The maximum absolute atomic E-state index is 11.0. The van der Waals surface area contributed by atoms with Crippen LogP contribution < -0.4 is 4.52 Å². The van der Waals surface area contributed by atoms with Gasteiger partial charge >= 0.3 is 14.7 Å². The van der Waals surface area contributed by atoms with Crippen LogP contribution in [0.2, 0.25) is 0 Å². The molecule has 0 amide bonds. The summed E-state index contributed by atoms with van der Waals surface area (Å²) in [4.78, 5) is 17.9. The number of hydrazone groups is 1. The Labute approximate surface area is 151 Å². The lowest BCUT2D eigenvalue weighted by Gasteiger charge is -2.05. The van der Waals surface area contributed by atoms with Gasteiger partial charge in [-0.25, -0.2) is 0 Å². The van der Waals surface area contributed by atoms with Gasteiger partial charge in [0.25, 0.3) is 0 Å². The van der Waals surface area contributed by atoms with E-state index in [1.165, 1.54) is 4.78 Å². The Bertz CT molecular complexity index is 806. The zero-order valence-corrected chi connectivity index (χ0v) is 15.9. The number of rotatable bonds is 7. The first-order chi connectivity index (χ1) is 11.7. The van der Waals surface area contributed by atoms with Crippen LogP contribution in [-0.4, -0.2) is 32.9 Å². The second kappa shape index (κ2) is 8.52. The molecule has 0 aromatic heterocycles. The normalized spacial score (nSPS) is 12.2. The van der Waals surface area contributed by atoms with Gasteiger partial charge in [-0.15, -0.1) is 5.10 Å². The van der Waals surface area contributed by atoms with Crippen molar-refractivity contribution in [1.29, 1.82) is 0 Å². The summed E-state index contributed by atoms with van der Waals surface area (Å²) >= 11 is 5.29. The standard InChI is InChI=1S/C15H16N2O5P2S/c1-17(16-10-12-2-6-14(18)7-3-12)23(25)22-15-8-4-13(5-9-15)11-24(19,20)21/h2-10H,11H2,1H3,(H2-,16,18,19,20,21)/p+1. The van der Waals surface area contributed by atoms with Crippen LogP contribution in [-0.2, 0) is 22.5 Å². The second-order valence-corrected chi connectivity index (χ2v) is 8.94. The van der Waals surface area contributed by atoms with E-state index in [9.17, 15) is 9.67 Å². The molecule has 0 heterocycles. The van der Waals surface area contributed by atoms with Gasteiger partial charge in [0, 0.05) is 0 Å². The third kappa shape index (κ3) is 6.90. The van der Waals surface area contributed by atoms with Crippen LogP contribution in [0.1, 0.15) is 11.1 Å². The number of phenolic OH excluding ortho intramolecular Hbond substituents is 1. The molecule has 25 heavy (non-hydrogen) atoms. The molecule has 0 aliphatic rings. The minimum Gasteiger partial charge on any atom is -0.508 e. The second-order valence-electron chi connectivity index (χ2n) is 5.12. The Morgan fingerprint density at radius 1 is 1.20 bits per heavy atom. The van der Waals surface area contributed by atoms with Gasteiger partial charge in [-0.05, 0) is 47.5 Å². The van der Waals surface area contributed by atoms with Gasteiger partial charge in [-0.2, -0.15) is 0 Å². The highest BCUT2D eigenvalue weighted by Gasteiger charge is 2.20. The first kappa shape index (κ1) is 19.5. The van der Waals surface area contributed by atoms with Crippen LogP contribution in [0.25, 0.3) is 0 Å². The van der Waals surface area contributed by atoms with Crippen LogP contribution in [0.5, 0.6) is 11.5 Å². The van der Waals surface area contributed by atoms with Gasteiger partial charge < -0.3 is 14.9 Å². The van der Waals surface area contributed by atoms with Crippen molar-refractivity contribution in [2.24, 2.45) is 5.10 Å². The third-order valence-corrected chi connectivity index (χ3v) is 5.65. The number of hydrogen-bond acceptors (Lipinski definition) is 5. The fourth-order valence-electron chi connectivity index (χ4n) is 1.80. The van der Waals surface area contributed by atoms with Crippen molar-refractivity contribution in [2.75, 3.05) is 7.05 Å². The van der Waals surface area contributed by atoms with E-state index in [0.29, 0.717) is 11.3 Å². The van der Waals surface area contributed by atoms with Gasteiger partial charge in [0.1, 0.15) is 5.75 Å². The molecule has 0 saturated heterocycles. The highest BCUT2D eigenvalue weighted by atomic mass is 32.4. The van der Waals surface area contributed by atoms with Gasteiger partial charge in [0.2, 0.25) is 11.8 Å². The molecule has 10 heteroatoms. The Kier molecular flexibility index (Phi) is 6.64. The van der Waals surface area contributed by atoms with Crippen molar-refractivity contribution < 1.29 is 24.0 Å². The lowest BCUT2D eigenvalue weighted by Crippen LogP contribution is -2.03. The summed E-state index contributed by atoms with van der Waals surface area (Å²) < 4.78 is 18.1. The van der Waals surface area contributed by atoms with Gasteiger partial charge in [-0.3, -0.25) is 9.09 Å². The van der Waals surface area contributed by atoms with Crippen LogP contribution >= 0.6 is 14.7 Å². The zero-order chi connectivity index (χ0) is 18.4. The van der Waals surface area contributed by atoms with Crippen LogP contribution in [0.4, 0.5) is 0 Å². The van der Waals surface area contributed by atoms with Crippen LogP contribution in [0, 0.1) is 0 Å². The first-order valence-electron chi connectivity index (χ1n) is 7.08. The molecule has 132 valence electrons. The van der Waals surface area contributed by atoms with E-state index >= 15 is 0 Å². The predicted octanol–water partition coefficient (Wildman–Crippen LogP) is 3.19. The summed E-state index contributed by atoms with van der Waals surface area (Å²) in [6, 6.07) is 13.0. The number of phenols is 1. The predicted molar refractivity (Wildman–Crippen MR) is 101 cm³/mol. The van der Waals surface area contributed by atoms with Gasteiger partial charge in [-0.1, -0.05) is 16.9 Å². The van der Waals surface area contributed by atoms with Crippen molar-refractivity contribution in [2.45, 2.75) is 6.16 Å². The molecule has 0 spiro atoms. The molecule has 1 unspecified atom stereocenters. The Morgan fingerprint density at radius 3 is 2.36 bits per heavy atom. The molecule has 0 aliphatic heterocycles. The monoisotopic (exact) mass is 399 g/mol. The van der Waals surface area contributed by atoms with E-state index in [1.807, 2.05) is 0 Å². The molecular formula is C15H17N2O5P2S+. The molecule has 0 aliphatic carbocycles. The highest BCUT2D eigenvalue weighted by Crippen LogP contribution is 2.39. The minimum atomic E-state index is -4.09. The molecule has 1 atom stereocenters. The number of benzene rings is 2. The molecule has 0 fully saturated rings. The molecule has 2 aromatic rings.